The van der Waals surface area contributed by atoms with E-state index in [0.29, 0.717) is 0 Å². The van der Waals surface area contributed by atoms with Crippen molar-refractivity contribution in [1.29, 1.82) is 0 Å². The molecule has 0 unspecified atom stereocenters. The fourth-order valence-corrected chi connectivity index (χ4v) is 3.13. The number of imidazole rings is 1. The van der Waals surface area contributed by atoms with Crippen LogP contribution in [0.25, 0.3) is 6.08 Å². The third-order valence-electron chi connectivity index (χ3n) is 4.41. The quantitative estimate of drug-likeness (QED) is 0.648. The second-order valence-electron chi connectivity index (χ2n) is 6.83. The van der Waals surface area contributed by atoms with E-state index in [1.807, 2.05) is 13.0 Å². The summed E-state index contributed by atoms with van der Waals surface area (Å²) in [5, 5.41) is 0. The van der Waals surface area contributed by atoms with Gasteiger partial charge in [0.25, 0.3) is 0 Å². The molecule has 0 aliphatic heterocycles. The lowest BCUT2D eigenvalue weighted by Crippen LogP contribution is -2.19. The van der Waals surface area contributed by atoms with Crippen molar-refractivity contribution in [3.8, 4) is 0 Å². The highest BCUT2D eigenvalue weighted by Crippen LogP contribution is 2.40. The van der Waals surface area contributed by atoms with Crippen LogP contribution in [0.5, 0.6) is 0 Å². The van der Waals surface area contributed by atoms with Crippen LogP contribution >= 0.6 is 0 Å². The lowest BCUT2D eigenvalue weighted by molar-refractivity contribution is 0.0588. The first kappa shape index (κ1) is 17.3. The highest BCUT2D eigenvalue weighted by molar-refractivity contribution is 5.85. The third-order valence-corrected chi connectivity index (χ3v) is 4.41. The van der Waals surface area contributed by atoms with E-state index < -0.39 is 5.97 Å². The van der Waals surface area contributed by atoms with Gasteiger partial charge in [0.1, 0.15) is 0 Å². The van der Waals surface area contributed by atoms with Crippen LogP contribution in [0.15, 0.2) is 35.1 Å². The van der Waals surface area contributed by atoms with Gasteiger partial charge in [-0.1, -0.05) is 31.6 Å². The lowest BCUT2D eigenvalue weighted by Gasteiger charge is -2.32. The maximum atomic E-state index is 11.4. The van der Waals surface area contributed by atoms with E-state index in [-0.39, 0.29) is 11.2 Å². The number of carbonyl (C=O) groups excluding carboxylic acids is 1. The number of aromatic nitrogens is 2. The molecule has 1 aliphatic carbocycles. The van der Waals surface area contributed by atoms with Gasteiger partial charge < -0.3 is 9.72 Å². The number of esters is 1. The van der Waals surface area contributed by atoms with Crippen molar-refractivity contribution in [2.45, 2.75) is 47.0 Å². The number of ether oxygens (including phenoxy) is 1. The Morgan fingerprint density at radius 1 is 1.43 bits per heavy atom. The number of carbonyl (C=O) groups is 1. The summed E-state index contributed by atoms with van der Waals surface area (Å²) < 4.78 is 4.64. The molecular weight excluding hydrogens is 288 g/mol. The second kappa shape index (κ2) is 6.99. The topological polar surface area (TPSA) is 55.0 Å². The molecule has 23 heavy (non-hydrogen) atoms. The zero-order chi connectivity index (χ0) is 17.0. The summed E-state index contributed by atoms with van der Waals surface area (Å²) in [4.78, 5) is 18.4. The van der Waals surface area contributed by atoms with Crippen LogP contribution in [0, 0.1) is 5.41 Å². The molecule has 1 aliphatic rings. The SMILES string of the molecule is COC(=O)c1ncc(/C=C(C)/C=C/C2=C(C)CCCC2(C)C)[nH]1. The Hall–Kier alpha value is -2.10. The molecule has 0 amide bonds. The molecule has 124 valence electrons. The highest BCUT2D eigenvalue weighted by Gasteiger charge is 2.26. The Morgan fingerprint density at radius 2 is 2.17 bits per heavy atom. The molecule has 2 rings (SSSR count). The van der Waals surface area contributed by atoms with Crippen molar-refractivity contribution in [3.63, 3.8) is 0 Å². The number of nitrogens with one attached hydrogen (secondary N) is 1. The molecule has 1 aromatic rings. The maximum Gasteiger partial charge on any atom is 0.374 e. The Bertz CT molecular complexity index is 675. The van der Waals surface area contributed by atoms with Crippen molar-refractivity contribution in [3.05, 3.63) is 46.6 Å². The fraction of sp³-hybridized carbons (Fsp3) is 0.474. The minimum atomic E-state index is -0.456. The van der Waals surface area contributed by atoms with E-state index in [2.05, 4.69) is 47.6 Å². The first-order valence-corrected chi connectivity index (χ1v) is 8.03. The average Bonchev–Trinajstić information content (AvgIpc) is 2.93. The number of aromatic amines is 1. The van der Waals surface area contributed by atoms with Gasteiger partial charge in [-0.25, -0.2) is 9.78 Å². The lowest BCUT2D eigenvalue weighted by atomic mass is 9.72. The van der Waals surface area contributed by atoms with Crippen LogP contribution in [0.4, 0.5) is 0 Å². The van der Waals surface area contributed by atoms with Gasteiger partial charge in [0.2, 0.25) is 5.82 Å². The normalized spacial score (nSPS) is 18.6. The Morgan fingerprint density at radius 3 is 2.83 bits per heavy atom. The first-order chi connectivity index (χ1) is 10.8. The molecule has 0 aromatic carbocycles. The maximum absolute atomic E-state index is 11.4. The van der Waals surface area contributed by atoms with Crippen LogP contribution in [-0.4, -0.2) is 23.0 Å². The van der Waals surface area contributed by atoms with Crippen molar-refractivity contribution < 1.29 is 9.53 Å². The van der Waals surface area contributed by atoms with Crippen LogP contribution in [-0.2, 0) is 4.74 Å². The molecule has 0 bridgehead atoms. The van der Waals surface area contributed by atoms with Gasteiger partial charge in [-0.3, -0.25) is 0 Å². The van der Waals surface area contributed by atoms with Crippen LogP contribution in [0.2, 0.25) is 0 Å². The largest absolute Gasteiger partial charge is 0.463 e. The number of allylic oxidation sites excluding steroid dienone is 5. The van der Waals surface area contributed by atoms with Crippen molar-refractivity contribution in [2.75, 3.05) is 7.11 Å². The summed E-state index contributed by atoms with van der Waals surface area (Å²) in [5.74, 6) is -0.231. The molecule has 0 spiro atoms. The monoisotopic (exact) mass is 314 g/mol. The molecule has 1 aromatic heterocycles. The van der Waals surface area contributed by atoms with Gasteiger partial charge in [0.05, 0.1) is 19.0 Å². The number of H-pyrrole nitrogens is 1. The zero-order valence-corrected chi connectivity index (χ0v) is 14.7. The van der Waals surface area contributed by atoms with E-state index in [1.54, 1.807) is 6.20 Å². The standard InChI is InChI=1S/C19H26N2O2/c1-13(11-15-12-20-17(21-15)18(22)23-5)8-9-16-14(2)7-6-10-19(16,3)4/h8-9,11-12H,6-7,10H2,1-5H3,(H,20,21)/b9-8+,13-11+. The van der Waals surface area contributed by atoms with E-state index in [0.717, 1.165) is 11.3 Å². The summed E-state index contributed by atoms with van der Waals surface area (Å²) in [6.07, 6.45) is 11.7. The van der Waals surface area contributed by atoms with Gasteiger partial charge >= 0.3 is 5.97 Å². The predicted molar refractivity (Wildman–Crippen MR) is 93.1 cm³/mol. The molecule has 0 atom stereocenters. The van der Waals surface area contributed by atoms with Crippen molar-refractivity contribution in [2.24, 2.45) is 5.41 Å². The third kappa shape index (κ3) is 4.21. The summed E-state index contributed by atoms with van der Waals surface area (Å²) in [6, 6.07) is 0. The molecule has 0 fully saturated rings. The minimum absolute atomic E-state index is 0.225. The van der Waals surface area contributed by atoms with Crippen LogP contribution in [0.3, 0.4) is 0 Å². The second-order valence-corrected chi connectivity index (χ2v) is 6.83. The number of rotatable bonds is 4. The Balaban J connectivity index is 2.16. The smallest absolute Gasteiger partial charge is 0.374 e. The van der Waals surface area contributed by atoms with Gasteiger partial charge in [0, 0.05) is 0 Å². The van der Waals surface area contributed by atoms with E-state index >= 15 is 0 Å². The molecule has 0 saturated heterocycles. The highest BCUT2D eigenvalue weighted by atomic mass is 16.5. The predicted octanol–water partition coefficient (Wildman–Crippen LogP) is 4.68. The van der Waals surface area contributed by atoms with Crippen LogP contribution in [0.1, 0.15) is 63.3 Å². The van der Waals surface area contributed by atoms with Crippen molar-refractivity contribution >= 4 is 12.0 Å². The van der Waals surface area contributed by atoms with Crippen LogP contribution < -0.4 is 0 Å². The number of methoxy groups -OCH3 is 1. The van der Waals surface area contributed by atoms with Gasteiger partial charge in [-0.15, -0.1) is 0 Å². The van der Waals surface area contributed by atoms with Gasteiger partial charge in [0.15, 0.2) is 0 Å². The molecule has 4 heteroatoms. The Kier molecular flexibility index (Phi) is 5.24. The minimum Gasteiger partial charge on any atom is -0.463 e. The molecule has 0 saturated carbocycles. The summed E-state index contributed by atoms with van der Waals surface area (Å²) >= 11 is 0. The Labute approximate surface area is 138 Å². The summed E-state index contributed by atoms with van der Waals surface area (Å²) in [7, 11) is 1.34. The fourth-order valence-electron chi connectivity index (χ4n) is 3.13. The van der Waals surface area contributed by atoms with E-state index in [4.69, 9.17) is 0 Å². The van der Waals surface area contributed by atoms with Crippen molar-refractivity contribution in [1.82, 2.24) is 9.97 Å². The zero-order valence-electron chi connectivity index (χ0n) is 14.7. The average molecular weight is 314 g/mol. The summed E-state index contributed by atoms with van der Waals surface area (Å²) in [6.45, 7) is 8.90. The molecule has 1 N–H and O–H groups in total. The number of hydrogen-bond acceptors (Lipinski definition) is 3. The molecular formula is C19H26N2O2. The first-order valence-electron chi connectivity index (χ1n) is 8.03. The summed E-state index contributed by atoms with van der Waals surface area (Å²) in [5.41, 5.74) is 5.06. The molecule has 4 nitrogen and oxygen atoms in total. The van der Waals surface area contributed by atoms with E-state index in [9.17, 15) is 4.79 Å². The number of hydrogen-bond donors (Lipinski definition) is 1. The van der Waals surface area contributed by atoms with Gasteiger partial charge in [-0.05, 0) is 55.7 Å². The molecule has 0 radical (unpaired) electrons. The number of nitrogens with zero attached hydrogens (tertiary/aromatic N) is 1. The molecule has 1 heterocycles. The van der Waals surface area contributed by atoms with E-state index in [1.165, 1.54) is 37.5 Å². The van der Waals surface area contributed by atoms with Gasteiger partial charge in [-0.2, -0.15) is 0 Å².